The molecular formula is C17H11N3OS3. The summed E-state index contributed by atoms with van der Waals surface area (Å²) < 4.78 is 0.999. The van der Waals surface area contributed by atoms with E-state index in [0.717, 1.165) is 20.1 Å². The Balaban J connectivity index is 2.31. The molecule has 24 heavy (non-hydrogen) atoms. The normalized spacial score (nSPS) is 11.4. The number of aromatic amines is 1. The zero-order valence-corrected chi connectivity index (χ0v) is 15.3. The van der Waals surface area contributed by atoms with Crippen molar-refractivity contribution in [2.24, 2.45) is 0 Å². The standard InChI is InChI=1S/C17H11N3OS3/c1-22-16-11-12(8-5-3-4-6-9(8)15(11)21)19-13-10(7-18)24-17(23-2)14(13)20-16/h3-6,20H,1-2H3. The Labute approximate surface area is 150 Å². The molecule has 0 bridgehead atoms. The molecule has 1 aromatic heterocycles. The van der Waals surface area contributed by atoms with Gasteiger partial charge in [0.1, 0.15) is 16.5 Å². The fourth-order valence-corrected chi connectivity index (χ4v) is 5.13. The maximum atomic E-state index is 12.9. The Hall–Kier alpha value is -2.01. The molecule has 0 atom stereocenters. The van der Waals surface area contributed by atoms with Crippen molar-refractivity contribution >= 4 is 56.7 Å². The van der Waals surface area contributed by atoms with Crippen LogP contribution in [0.4, 0.5) is 0 Å². The first-order valence-electron chi connectivity index (χ1n) is 7.09. The molecule has 1 aliphatic carbocycles. The van der Waals surface area contributed by atoms with Gasteiger partial charge in [0.2, 0.25) is 0 Å². The first-order valence-corrected chi connectivity index (χ1v) is 10.4. The second-order valence-corrected chi connectivity index (χ2v) is 8.04. The molecule has 0 amide bonds. The van der Waals surface area contributed by atoms with Crippen LogP contribution in [0.2, 0.25) is 0 Å². The molecule has 1 aromatic carbocycles. The van der Waals surface area contributed by atoms with Gasteiger partial charge in [-0.15, -0.1) is 34.9 Å². The number of H-pyrrole nitrogens is 1. The number of thioether (sulfide) groups is 2. The Morgan fingerprint density at radius 2 is 1.96 bits per heavy atom. The predicted molar refractivity (Wildman–Crippen MR) is 103 cm³/mol. The van der Waals surface area contributed by atoms with Crippen molar-refractivity contribution in [3.05, 3.63) is 39.4 Å². The smallest absolute Gasteiger partial charge is 0.198 e. The molecule has 2 aliphatic rings. The second kappa shape index (κ2) is 5.81. The maximum Gasteiger partial charge on any atom is 0.198 e. The van der Waals surface area contributed by atoms with E-state index in [1.165, 1.54) is 23.1 Å². The van der Waals surface area contributed by atoms with E-state index in [9.17, 15) is 10.1 Å². The van der Waals surface area contributed by atoms with Crippen molar-refractivity contribution < 1.29 is 0 Å². The summed E-state index contributed by atoms with van der Waals surface area (Å²) in [4.78, 5) is 21.6. The fraction of sp³-hybridized carbons (Fsp3) is 0.118. The summed E-state index contributed by atoms with van der Waals surface area (Å²) in [6.45, 7) is 0. The van der Waals surface area contributed by atoms with Gasteiger partial charge in [0.15, 0.2) is 5.43 Å². The van der Waals surface area contributed by atoms with Crippen LogP contribution in [-0.4, -0.2) is 22.5 Å². The molecule has 2 heterocycles. The van der Waals surface area contributed by atoms with Gasteiger partial charge in [0.25, 0.3) is 0 Å². The van der Waals surface area contributed by atoms with Crippen LogP contribution in [-0.2, 0) is 0 Å². The van der Waals surface area contributed by atoms with Crippen LogP contribution in [0.15, 0.2) is 38.3 Å². The van der Waals surface area contributed by atoms with Crippen LogP contribution in [0.1, 0.15) is 4.88 Å². The van der Waals surface area contributed by atoms with Gasteiger partial charge in [-0.25, -0.2) is 4.98 Å². The fourth-order valence-electron chi connectivity index (χ4n) is 2.87. The summed E-state index contributed by atoms with van der Waals surface area (Å²) in [6, 6.07) is 9.74. The Kier molecular flexibility index (Phi) is 3.76. The van der Waals surface area contributed by atoms with Crippen LogP contribution >= 0.6 is 34.9 Å². The minimum absolute atomic E-state index is 0.0146. The van der Waals surface area contributed by atoms with E-state index in [4.69, 9.17) is 4.98 Å². The number of nitriles is 1. The second-order valence-electron chi connectivity index (χ2n) is 5.13. The molecular weight excluding hydrogens is 358 g/mol. The molecule has 1 N–H and O–H groups in total. The molecule has 0 saturated carbocycles. The average Bonchev–Trinajstić information content (AvgIpc) is 3.02. The first kappa shape index (κ1) is 15.5. The molecule has 0 radical (unpaired) electrons. The van der Waals surface area contributed by atoms with Gasteiger partial charge in [-0.3, -0.25) is 4.79 Å². The molecule has 2 aromatic rings. The van der Waals surface area contributed by atoms with E-state index in [1.807, 2.05) is 36.8 Å². The number of thiophene rings is 1. The molecule has 0 unspecified atom stereocenters. The summed E-state index contributed by atoms with van der Waals surface area (Å²) >= 11 is 4.49. The van der Waals surface area contributed by atoms with Gasteiger partial charge < -0.3 is 4.98 Å². The number of rotatable bonds is 2. The van der Waals surface area contributed by atoms with Gasteiger partial charge in [-0.2, -0.15) is 5.26 Å². The lowest BCUT2D eigenvalue weighted by atomic mass is 10.2. The minimum Gasteiger partial charge on any atom is -0.346 e. The summed E-state index contributed by atoms with van der Waals surface area (Å²) in [5, 5.41) is 11.8. The Morgan fingerprint density at radius 1 is 1.21 bits per heavy atom. The summed E-state index contributed by atoms with van der Waals surface area (Å²) in [6.07, 6.45) is 3.91. The minimum atomic E-state index is -0.0146. The monoisotopic (exact) mass is 369 g/mol. The van der Waals surface area contributed by atoms with E-state index >= 15 is 0 Å². The van der Waals surface area contributed by atoms with Crippen LogP contribution < -0.4 is 5.43 Å². The van der Waals surface area contributed by atoms with Gasteiger partial charge in [-0.05, 0) is 12.5 Å². The highest BCUT2D eigenvalue weighted by atomic mass is 32.2. The van der Waals surface area contributed by atoms with Crippen LogP contribution in [0.5, 0.6) is 0 Å². The van der Waals surface area contributed by atoms with Gasteiger partial charge in [0, 0.05) is 10.8 Å². The van der Waals surface area contributed by atoms with Gasteiger partial charge in [0.05, 0.1) is 26.0 Å². The van der Waals surface area contributed by atoms with Crippen molar-refractivity contribution in [2.75, 3.05) is 12.5 Å². The summed E-state index contributed by atoms with van der Waals surface area (Å²) in [7, 11) is 0. The van der Waals surface area contributed by atoms with E-state index in [2.05, 4.69) is 11.1 Å². The highest BCUT2D eigenvalue weighted by molar-refractivity contribution is 8.00. The largest absolute Gasteiger partial charge is 0.346 e. The van der Waals surface area contributed by atoms with E-state index in [1.54, 1.807) is 11.8 Å². The Bertz CT molecular complexity index is 1170. The third-order valence-electron chi connectivity index (χ3n) is 3.92. The SMILES string of the molecule is CSc1[nH]c2c(SC)sc(C#N)c2nc2c3ccccc3c(=O)c1-2. The van der Waals surface area contributed by atoms with Crippen LogP contribution in [0, 0.1) is 11.3 Å². The zero-order valence-electron chi connectivity index (χ0n) is 12.8. The van der Waals surface area contributed by atoms with Gasteiger partial charge in [-0.1, -0.05) is 24.3 Å². The number of hydrogen-bond acceptors (Lipinski definition) is 6. The molecule has 118 valence electrons. The Morgan fingerprint density at radius 3 is 2.62 bits per heavy atom. The summed E-state index contributed by atoms with van der Waals surface area (Å²) in [5.41, 5.74) is 2.70. The summed E-state index contributed by atoms with van der Waals surface area (Å²) in [5.74, 6) is 0. The first-order chi connectivity index (χ1) is 11.7. The quantitative estimate of drug-likeness (QED) is 0.525. The number of nitrogens with one attached hydrogen (secondary N) is 1. The number of nitrogens with zero attached hydrogens (tertiary/aromatic N) is 2. The number of aromatic nitrogens is 2. The van der Waals surface area contributed by atoms with Crippen molar-refractivity contribution in [1.82, 2.24) is 9.97 Å². The third kappa shape index (κ3) is 2.07. The van der Waals surface area contributed by atoms with Gasteiger partial charge >= 0.3 is 0 Å². The molecule has 4 nitrogen and oxygen atoms in total. The molecule has 0 spiro atoms. The topological polar surface area (TPSA) is 69.5 Å². The van der Waals surface area contributed by atoms with E-state index in [-0.39, 0.29) is 5.43 Å². The number of hydrogen-bond donors (Lipinski definition) is 1. The number of benzene rings is 1. The van der Waals surface area contributed by atoms with Crippen LogP contribution in [0.3, 0.4) is 0 Å². The molecule has 4 rings (SSSR count). The van der Waals surface area contributed by atoms with E-state index in [0.29, 0.717) is 27.0 Å². The predicted octanol–water partition coefficient (Wildman–Crippen LogP) is 4.56. The van der Waals surface area contributed by atoms with Crippen molar-refractivity contribution in [2.45, 2.75) is 9.24 Å². The highest BCUT2D eigenvalue weighted by Gasteiger charge is 2.23. The maximum absolute atomic E-state index is 12.9. The number of fused-ring (bicyclic) bond motifs is 4. The van der Waals surface area contributed by atoms with Crippen LogP contribution in [0.25, 0.3) is 33.1 Å². The lowest BCUT2D eigenvalue weighted by Gasteiger charge is -1.98. The van der Waals surface area contributed by atoms with Crippen molar-refractivity contribution in [1.29, 1.82) is 5.26 Å². The lowest BCUT2D eigenvalue weighted by molar-refractivity contribution is 1.20. The van der Waals surface area contributed by atoms with Crippen molar-refractivity contribution in [3.63, 3.8) is 0 Å². The van der Waals surface area contributed by atoms with Crippen molar-refractivity contribution in [3.8, 4) is 17.3 Å². The molecule has 0 saturated heterocycles. The van der Waals surface area contributed by atoms with E-state index < -0.39 is 0 Å². The zero-order chi connectivity index (χ0) is 16.8. The molecule has 1 aliphatic heterocycles. The highest BCUT2D eigenvalue weighted by Crippen LogP contribution is 2.39. The molecule has 0 fully saturated rings. The third-order valence-corrected chi connectivity index (χ3v) is 6.84. The average molecular weight is 369 g/mol. The lowest BCUT2D eigenvalue weighted by Crippen LogP contribution is -1.98. The molecule has 7 heteroatoms.